The Kier molecular flexibility index (Phi) is 8.88. The highest BCUT2D eigenvalue weighted by Crippen LogP contribution is 2.17. The predicted molar refractivity (Wildman–Crippen MR) is 84.7 cm³/mol. The van der Waals surface area contributed by atoms with Crippen molar-refractivity contribution in [3.05, 3.63) is 24.3 Å². The number of hydrogen-bond acceptors (Lipinski definition) is 3. The summed E-state index contributed by atoms with van der Waals surface area (Å²) in [6, 6.07) is 8.41. The van der Waals surface area contributed by atoms with Crippen molar-refractivity contribution in [1.29, 1.82) is 0 Å². The number of ether oxygens (including phenoxy) is 2. The van der Waals surface area contributed by atoms with Gasteiger partial charge in [-0.2, -0.15) is 0 Å². The van der Waals surface area contributed by atoms with E-state index in [1.165, 1.54) is 25.7 Å². The average molecular weight is 279 g/mol. The van der Waals surface area contributed by atoms with Crippen LogP contribution in [-0.2, 0) is 0 Å². The molecule has 0 aliphatic heterocycles. The second kappa shape index (κ2) is 10.6. The molecule has 1 aromatic carbocycles. The minimum atomic E-state index is 0.638. The summed E-state index contributed by atoms with van der Waals surface area (Å²) in [7, 11) is 1.67. The second-order valence-corrected chi connectivity index (χ2v) is 5.11. The van der Waals surface area contributed by atoms with Crippen LogP contribution >= 0.6 is 0 Å². The molecule has 0 fully saturated rings. The molecular weight excluding hydrogens is 250 g/mol. The maximum absolute atomic E-state index is 5.76. The highest BCUT2D eigenvalue weighted by atomic mass is 16.5. The zero-order valence-corrected chi connectivity index (χ0v) is 13.2. The molecule has 0 aliphatic rings. The van der Waals surface area contributed by atoms with E-state index in [0.29, 0.717) is 6.04 Å². The Morgan fingerprint density at radius 1 is 1.00 bits per heavy atom. The van der Waals surface area contributed by atoms with Gasteiger partial charge in [0, 0.05) is 6.04 Å². The summed E-state index contributed by atoms with van der Waals surface area (Å²) in [5.41, 5.74) is 0. The van der Waals surface area contributed by atoms with Gasteiger partial charge in [0.1, 0.15) is 11.5 Å². The van der Waals surface area contributed by atoms with Crippen LogP contribution in [0.25, 0.3) is 0 Å². The summed E-state index contributed by atoms with van der Waals surface area (Å²) >= 11 is 0. The molecule has 1 rings (SSSR count). The summed E-state index contributed by atoms with van der Waals surface area (Å²) in [5.74, 6) is 1.78. The van der Waals surface area contributed by atoms with Crippen molar-refractivity contribution in [2.45, 2.75) is 52.0 Å². The van der Waals surface area contributed by atoms with Crippen LogP contribution in [-0.4, -0.2) is 26.3 Å². The fourth-order valence-electron chi connectivity index (χ4n) is 2.24. The molecule has 0 radical (unpaired) electrons. The first-order valence-corrected chi connectivity index (χ1v) is 7.80. The second-order valence-electron chi connectivity index (χ2n) is 5.11. The van der Waals surface area contributed by atoms with Gasteiger partial charge in [-0.05, 0) is 56.5 Å². The molecule has 1 atom stereocenters. The van der Waals surface area contributed by atoms with E-state index in [0.717, 1.165) is 31.1 Å². The summed E-state index contributed by atoms with van der Waals surface area (Å²) in [4.78, 5) is 0. The highest BCUT2D eigenvalue weighted by Gasteiger charge is 2.06. The minimum absolute atomic E-state index is 0.638. The van der Waals surface area contributed by atoms with Crippen molar-refractivity contribution in [3.8, 4) is 11.5 Å². The first-order valence-electron chi connectivity index (χ1n) is 7.80. The number of methoxy groups -OCH3 is 1. The SMILES string of the molecule is CCCNC(CCC)CCCOc1ccc(OC)cc1. The Bertz CT molecular complexity index is 337. The van der Waals surface area contributed by atoms with Crippen LogP contribution in [0.1, 0.15) is 46.0 Å². The van der Waals surface area contributed by atoms with E-state index in [9.17, 15) is 0 Å². The molecule has 114 valence electrons. The number of nitrogens with one attached hydrogen (secondary N) is 1. The maximum atomic E-state index is 5.76. The smallest absolute Gasteiger partial charge is 0.119 e. The molecule has 20 heavy (non-hydrogen) atoms. The first kappa shape index (κ1) is 16.8. The van der Waals surface area contributed by atoms with E-state index in [4.69, 9.17) is 9.47 Å². The molecule has 0 saturated carbocycles. The molecule has 1 aromatic rings. The summed E-state index contributed by atoms with van der Waals surface area (Å²) in [5, 5.41) is 3.61. The van der Waals surface area contributed by atoms with Gasteiger partial charge in [0.15, 0.2) is 0 Å². The van der Waals surface area contributed by atoms with E-state index < -0.39 is 0 Å². The third-order valence-electron chi connectivity index (χ3n) is 3.35. The van der Waals surface area contributed by atoms with Gasteiger partial charge >= 0.3 is 0 Å². The summed E-state index contributed by atoms with van der Waals surface area (Å²) < 4.78 is 10.9. The van der Waals surface area contributed by atoms with Crippen molar-refractivity contribution >= 4 is 0 Å². The minimum Gasteiger partial charge on any atom is -0.497 e. The third kappa shape index (κ3) is 6.80. The standard InChI is InChI=1S/C17H29NO2/c1-4-7-15(18-13-5-2)8-6-14-20-17-11-9-16(19-3)10-12-17/h9-12,15,18H,4-8,13-14H2,1-3H3. The van der Waals surface area contributed by atoms with E-state index >= 15 is 0 Å². The molecule has 0 bridgehead atoms. The molecule has 0 saturated heterocycles. The van der Waals surface area contributed by atoms with Gasteiger partial charge in [-0.15, -0.1) is 0 Å². The zero-order chi connectivity index (χ0) is 14.6. The van der Waals surface area contributed by atoms with Gasteiger partial charge in [-0.25, -0.2) is 0 Å². The molecule has 1 N–H and O–H groups in total. The Labute approximate surface area is 123 Å². The van der Waals surface area contributed by atoms with E-state index in [-0.39, 0.29) is 0 Å². The van der Waals surface area contributed by atoms with E-state index in [1.54, 1.807) is 7.11 Å². The molecule has 0 aromatic heterocycles. The lowest BCUT2D eigenvalue weighted by Gasteiger charge is -2.17. The van der Waals surface area contributed by atoms with Crippen molar-refractivity contribution < 1.29 is 9.47 Å². The van der Waals surface area contributed by atoms with Crippen LogP contribution in [0.5, 0.6) is 11.5 Å². The topological polar surface area (TPSA) is 30.5 Å². The van der Waals surface area contributed by atoms with Crippen molar-refractivity contribution in [3.63, 3.8) is 0 Å². The molecule has 3 heteroatoms. The van der Waals surface area contributed by atoms with Crippen LogP contribution in [0, 0.1) is 0 Å². The molecule has 0 heterocycles. The van der Waals surface area contributed by atoms with Gasteiger partial charge in [0.25, 0.3) is 0 Å². The maximum Gasteiger partial charge on any atom is 0.119 e. The lowest BCUT2D eigenvalue weighted by Crippen LogP contribution is -2.30. The van der Waals surface area contributed by atoms with Gasteiger partial charge < -0.3 is 14.8 Å². The van der Waals surface area contributed by atoms with Crippen LogP contribution in [0.4, 0.5) is 0 Å². The number of rotatable bonds is 11. The van der Waals surface area contributed by atoms with Crippen molar-refractivity contribution in [1.82, 2.24) is 5.32 Å². The van der Waals surface area contributed by atoms with Gasteiger partial charge in [-0.3, -0.25) is 0 Å². The summed E-state index contributed by atoms with van der Waals surface area (Å²) in [6.07, 6.45) is 5.96. The quantitative estimate of drug-likeness (QED) is 0.621. The lowest BCUT2D eigenvalue weighted by atomic mass is 10.1. The average Bonchev–Trinajstić information content (AvgIpc) is 2.49. The summed E-state index contributed by atoms with van der Waals surface area (Å²) in [6.45, 7) is 6.35. The third-order valence-corrected chi connectivity index (χ3v) is 3.35. The number of benzene rings is 1. The van der Waals surface area contributed by atoms with Crippen molar-refractivity contribution in [2.75, 3.05) is 20.3 Å². The monoisotopic (exact) mass is 279 g/mol. The van der Waals surface area contributed by atoms with Crippen molar-refractivity contribution in [2.24, 2.45) is 0 Å². The normalized spacial score (nSPS) is 12.2. The van der Waals surface area contributed by atoms with E-state index in [1.807, 2.05) is 24.3 Å². The first-order chi connectivity index (χ1) is 9.80. The van der Waals surface area contributed by atoms with Crippen LogP contribution in [0.3, 0.4) is 0 Å². The molecule has 0 amide bonds. The fourth-order valence-corrected chi connectivity index (χ4v) is 2.24. The Hall–Kier alpha value is -1.22. The predicted octanol–water partition coefficient (Wildman–Crippen LogP) is 4.02. The van der Waals surface area contributed by atoms with Crippen LogP contribution in [0.2, 0.25) is 0 Å². The van der Waals surface area contributed by atoms with Crippen LogP contribution in [0.15, 0.2) is 24.3 Å². The molecule has 3 nitrogen and oxygen atoms in total. The largest absolute Gasteiger partial charge is 0.497 e. The fraction of sp³-hybridized carbons (Fsp3) is 0.647. The highest BCUT2D eigenvalue weighted by molar-refractivity contribution is 5.31. The van der Waals surface area contributed by atoms with Crippen LogP contribution < -0.4 is 14.8 Å². The Balaban J connectivity index is 2.21. The molecule has 1 unspecified atom stereocenters. The Morgan fingerprint density at radius 3 is 2.30 bits per heavy atom. The van der Waals surface area contributed by atoms with Gasteiger partial charge in [0.2, 0.25) is 0 Å². The van der Waals surface area contributed by atoms with Gasteiger partial charge in [0.05, 0.1) is 13.7 Å². The zero-order valence-electron chi connectivity index (χ0n) is 13.2. The lowest BCUT2D eigenvalue weighted by molar-refractivity contribution is 0.292. The molecule has 0 aliphatic carbocycles. The van der Waals surface area contributed by atoms with E-state index in [2.05, 4.69) is 19.2 Å². The number of hydrogen-bond donors (Lipinski definition) is 1. The Morgan fingerprint density at radius 2 is 1.70 bits per heavy atom. The molecular formula is C17H29NO2. The molecule has 0 spiro atoms. The van der Waals surface area contributed by atoms with Gasteiger partial charge in [-0.1, -0.05) is 20.3 Å².